The number of aryl methyl sites for hydroxylation is 1. The van der Waals surface area contributed by atoms with Crippen LogP contribution in [0.5, 0.6) is 5.75 Å². The zero-order chi connectivity index (χ0) is 13.1. The lowest BCUT2D eigenvalue weighted by molar-refractivity contribution is 0.240. The molecule has 96 valence electrons. The summed E-state index contributed by atoms with van der Waals surface area (Å²) in [6, 6.07) is 5.68. The molecule has 0 bridgehead atoms. The van der Waals surface area contributed by atoms with Gasteiger partial charge in [-0.3, -0.25) is 0 Å². The summed E-state index contributed by atoms with van der Waals surface area (Å²) in [5.41, 5.74) is 1.92. The molecule has 1 aromatic carbocycles. The maximum atomic E-state index is 11.0. The van der Waals surface area contributed by atoms with E-state index in [1.807, 2.05) is 39.0 Å². The predicted molar refractivity (Wildman–Crippen MR) is 70.3 cm³/mol. The molecular weight excluding hydrogens is 260 g/mol. The Labute approximate surface area is 107 Å². The van der Waals surface area contributed by atoms with Crippen LogP contribution in [0.15, 0.2) is 18.2 Å². The van der Waals surface area contributed by atoms with Gasteiger partial charge in [-0.25, -0.2) is 8.42 Å². The number of hydrogen-bond donors (Lipinski definition) is 0. The van der Waals surface area contributed by atoms with Crippen molar-refractivity contribution in [3.8, 4) is 5.75 Å². The van der Waals surface area contributed by atoms with E-state index in [0.29, 0.717) is 6.42 Å². The molecule has 0 N–H and O–H groups in total. The second-order valence-electron chi connectivity index (χ2n) is 4.21. The SMILES string of the molecule is Cc1cccc(OC(C)C)c1CCS(=O)(=O)Cl. The topological polar surface area (TPSA) is 43.4 Å². The van der Waals surface area contributed by atoms with Crippen molar-refractivity contribution in [3.63, 3.8) is 0 Å². The molecule has 3 nitrogen and oxygen atoms in total. The Balaban J connectivity index is 2.95. The molecule has 0 radical (unpaired) electrons. The monoisotopic (exact) mass is 276 g/mol. The van der Waals surface area contributed by atoms with Crippen LogP contribution in [0.25, 0.3) is 0 Å². The average molecular weight is 277 g/mol. The van der Waals surface area contributed by atoms with E-state index in [1.165, 1.54) is 0 Å². The zero-order valence-electron chi connectivity index (χ0n) is 10.2. The van der Waals surface area contributed by atoms with Crippen LogP contribution in [0, 0.1) is 6.92 Å². The van der Waals surface area contributed by atoms with Crippen molar-refractivity contribution in [2.24, 2.45) is 0 Å². The third-order valence-corrected chi connectivity index (χ3v) is 3.48. The third-order valence-electron chi connectivity index (χ3n) is 2.33. The number of benzene rings is 1. The molecule has 17 heavy (non-hydrogen) atoms. The van der Waals surface area contributed by atoms with Gasteiger partial charge in [-0.2, -0.15) is 0 Å². The Morgan fingerprint density at radius 1 is 1.35 bits per heavy atom. The van der Waals surface area contributed by atoms with Crippen molar-refractivity contribution < 1.29 is 13.2 Å². The molecule has 0 aromatic heterocycles. The maximum Gasteiger partial charge on any atom is 0.232 e. The molecule has 0 fully saturated rings. The smallest absolute Gasteiger partial charge is 0.232 e. The van der Waals surface area contributed by atoms with Gasteiger partial charge in [0.15, 0.2) is 0 Å². The van der Waals surface area contributed by atoms with Gasteiger partial charge in [0.25, 0.3) is 0 Å². The van der Waals surface area contributed by atoms with Crippen LogP contribution in [-0.4, -0.2) is 20.3 Å². The van der Waals surface area contributed by atoms with Crippen LogP contribution in [0.2, 0.25) is 0 Å². The summed E-state index contributed by atoms with van der Waals surface area (Å²) in [4.78, 5) is 0. The molecule has 0 saturated heterocycles. The first-order valence-electron chi connectivity index (χ1n) is 5.47. The summed E-state index contributed by atoms with van der Waals surface area (Å²) in [5.74, 6) is 0.661. The molecule has 0 unspecified atom stereocenters. The minimum atomic E-state index is -3.47. The first-order valence-corrected chi connectivity index (χ1v) is 7.95. The van der Waals surface area contributed by atoms with E-state index in [9.17, 15) is 8.42 Å². The van der Waals surface area contributed by atoms with Crippen LogP contribution < -0.4 is 4.74 Å². The Kier molecular flexibility index (Phi) is 4.83. The molecule has 0 heterocycles. The van der Waals surface area contributed by atoms with E-state index < -0.39 is 9.05 Å². The summed E-state index contributed by atoms with van der Waals surface area (Å²) in [6.07, 6.45) is 0.434. The van der Waals surface area contributed by atoms with Crippen LogP contribution in [0.3, 0.4) is 0 Å². The Morgan fingerprint density at radius 2 is 2.00 bits per heavy atom. The fourth-order valence-electron chi connectivity index (χ4n) is 1.58. The highest BCUT2D eigenvalue weighted by molar-refractivity contribution is 8.13. The Bertz CT molecular complexity index is 481. The third kappa shape index (κ3) is 4.96. The number of rotatable bonds is 5. The van der Waals surface area contributed by atoms with E-state index in [0.717, 1.165) is 16.9 Å². The number of ether oxygens (including phenoxy) is 1. The predicted octanol–water partition coefficient (Wildman–Crippen LogP) is 2.89. The van der Waals surface area contributed by atoms with Crippen LogP contribution in [0.4, 0.5) is 0 Å². The van der Waals surface area contributed by atoms with Gasteiger partial charge in [0.2, 0.25) is 9.05 Å². The minimum Gasteiger partial charge on any atom is -0.491 e. The van der Waals surface area contributed by atoms with Crippen molar-refractivity contribution in [1.82, 2.24) is 0 Å². The van der Waals surface area contributed by atoms with E-state index in [1.54, 1.807) is 0 Å². The molecule has 0 atom stereocenters. The average Bonchev–Trinajstić information content (AvgIpc) is 2.14. The van der Waals surface area contributed by atoms with Gasteiger partial charge in [-0.15, -0.1) is 0 Å². The fraction of sp³-hybridized carbons (Fsp3) is 0.500. The molecule has 1 rings (SSSR count). The van der Waals surface area contributed by atoms with Crippen molar-refractivity contribution in [1.29, 1.82) is 0 Å². The summed E-state index contributed by atoms with van der Waals surface area (Å²) < 4.78 is 27.6. The summed E-state index contributed by atoms with van der Waals surface area (Å²) >= 11 is 0. The molecular formula is C12H17ClO3S. The summed E-state index contributed by atoms with van der Waals surface area (Å²) in [7, 11) is 1.76. The molecule has 1 aromatic rings. The highest BCUT2D eigenvalue weighted by Crippen LogP contribution is 2.24. The molecule has 0 saturated carbocycles. The molecule has 0 amide bonds. The van der Waals surface area contributed by atoms with Gasteiger partial charge in [-0.1, -0.05) is 12.1 Å². The lowest BCUT2D eigenvalue weighted by atomic mass is 10.1. The Morgan fingerprint density at radius 3 is 2.53 bits per heavy atom. The molecule has 0 spiro atoms. The van der Waals surface area contributed by atoms with Crippen LogP contribution >= 0.6 is 10.7 Å². The second kappa shape index (κ2) is 5.74. The van der Waals surface area contributed by atoms with Gasteiger partial charge in [0.05, 0.1) is 11.9 Å². The molecule has 0 aliphatic carbocycles. The normalized spacial score (nSPS) is 11.8. The van der Waals surface area contributed by atoms with Gasteiger partial charge >= 0.3 is 0 Å². The number of hydrogen-bond acceptors (Lipinski definition) is 3. The highest BCUT2D eigenvalue weighted by Gasteiger charge is 2.12. The fourth-order valence-corrected chi connectivity index (χ4v) is 2.26. The molecule has 0 aliphatic heterocycles. The molecule has 0 aliphatic rings. The highest BCUT2D eigenvalue weighted by atomic mass is 35.7. The lowest BCUT2D eigenvalue weighted by Crippen LogP contribution is -2.10. The minimum absolute atomic E-state index is 0.0585. The quantitative estimate of drug-likeness (QED) is 0.777. The largest absolute Gasteiger partial charge is 0.491 e. The van der Waals surface area contributed by atoms with Crippen LogP contribution in [0.1, 0.15) is 25.0 Å². The van der Waals surface area contributed by atoms with Crippen molar-refractivity contribution in [3.05, 3.63) is 29.3 Å². The van der Waals surface area contributed by atoms with Crippen LogP contribution in [-0.2, 0) is 15.5 Å². The van der Waals surface area contributed by atoms with Crippen molar-refractivity contribution in [2.75, 3.05) is 5.75 Å². The summed E-state index contributed by atoms with van der Waals surface area (Å²) in [6.45, 7) is 5.80. The standard InChI is InChI=1S/C12H17ClO3S/c1-9(2)16-12-6-4-5-10(3)11(12)7-8-17(13,14)15/h4-6,9H,7-8H2,1-3H3. The summed E-state index contributed by atoms with van der Waals surface area (Å²) in [5, 5.41) is 0. The first kappa shape index (κ1) is 14.3. The van der Waals surface area contributed by atoms with Gasteiger partial charge in [0, 0.05) is 10.7 Å². The number of halogens is 1. The van der Waals surface area contributed by atoms with E-state index in [4.69, 9.17) is 15.4 Å². The lowest BCUT2D eigenvalue weighted by Gasteiger charge is -2.15. The van der Waals surface area contributed by atoms with Crippen molar-refractivity contribution in [2.45, 2.75) is 33.3 Å². The Hall–Kier alpha value is -0.740. The second-order valence-corrected chi connectivity index (χ2v) is 7.11. The zero-order valence-corrected chi connectivity index (χ0v) is 11.8. The van der Waals surface area contributed by atoms with Crippen molar-refractivity contribution >= 4 is 19.7 Å². The van der Waals surface area contributed by atoms with Gasteiger partial charge < -0.3 is 4.74 Å². The molecule has 5 heteroatoms. The first-order chi connectivity index (χ1) is 7.79. The van der Waals surface area contributed by atoms with E-state index in [-0.39, 0.29) is 11.9 Å². The van der Waals surface area contributed by atoms with E-state index in [2.05, 4.69) is 0 Å². The maximum absolute atomic E-state index is 11.0. The van der Waals surface area contributed by atoms with Gasteiger partial charge in [-0.05, 0) is 44.4 Å². The van der Waals surface area contributed by atoms with Gasteiger partial charge in [0.1, 0.15) is 5.75 Å². The van der Waals surface area contributed by atoms with E-state index >= 15 is 0 Å².